The van der Waals surface area contributed by atoms with Gasteiger partial charge in [-0.3, -0.25) is 0 Å². The van der Waals surface area contributed by atoms with E-state index in [0.717, 1.165) is 0 Å². The minimum atomic E-state index is -0.280. The van der Waals surface area contributed by atoms with Crippen molar-refractivity contribution < 1.29 is 10.2 Å². The molecule has 0 amide bonds. The molecule has 60 valence electrons. The van der Waals surface area contributed by atoms with Crippen LogP contribution in [0, 0.1) is 0 Å². The second kappa shape index (κ2) is 4.00. The average molecular weight is 154 g/mol. The van der Waals surface area contributed by atoms with Crippen molar-refractivity contribution >= 4 is 0 Å². The third-order valence-corrected chi connectivity index (χ3v) is 1.46. The van der Waals surface area contributed by atoms with Crippen LogP contribution >= 0.6 is 0 Å². The molecule has 0 atom stereocenters. The van der Waals surface area contributed by atoms with Crippen LogP contribution in [0.15, 0.2) is 18.6 Å². The normalized spacial score (nSPS) is 10.5. The van der Waals surface area contributed by atoms with Crippen molar-refractivity contribution in [1.82, 2.24) is 9.97 Å². The van der Waals surface area contributed by atoms with Gasteiger partial charge in [0.1, 0.15) is 6.33 Å². The molecular weight excluding hydrogens is 144 g/mol. The summed E-state index contributed by atoms with van der Waals surface area (Å²) in [6.45, 7) is -0.180. The molecule has 1 heterocycles. The molecule has 0 aliphatic heterocycles. The van der Waals surface area contributed by atoms with E-state index in [1.54, 1.807) is 12.3 Å². The van der Waals surface area contributed by atoms with Gasteiger partial charge in [0.2, 0.25) is 0 Å². The van der Waals surface area contributed by atoms with E-state index in [9.17, 15) is 0 Å². The Kier molecular flexibility index (Phi) is 2.95. The van der Waals surface area contributed by atoms with Crippen LogP contribution in [0.2, 0.25) is 0 Å². The predicted octanol–water partition coefficient (Wildman–Crippen LogP) is -0.455. The Morgan fingerprint density at radius 2 is 2.09 bits per heavy atom. The molecule has 0 spiro atoms. The maximum absolute atomic E-state index is 8.76. The van der Waals surface area contributed by atoms with Gasteiger partial charge in [-0.25, -0.2) is 9.97 Å². The van der Waals surface area contributed by atoms with Crippen molar-refractivity contribution in [3.05, 3.63) is 24.3 Å². The smallest absolute Gasteiger partial charge is 0.115 e. The van der Waals surface area contributed by atoms with Gasteiger partial charge in [-0.1, -0.05) is 0 Å². The Hall–Kier alpha value is -1.00. The van der Waals surface area contributed by atoms with Crippen LogP contribution in [0.3, 0.4) is 0 Å². The summed E-state index contributed by atoms with van der Waals surface area (Å²) < 4.78 is 0. The Labute approximate surface area is 64.6 Å². The number of aliphatic hydroxyl groups excluding tert-OH is 2. The first-order chi connectivity index (χ1) is 5.38. The Balaban J connectivity index is 2.74. The second-order valence-corrected chi connectivity index (χ2v) is 2.20. The molecule has 0 bridgehead atoms. The van der Waals surface area contributed by atoms with Crippen molar-refractivity contribution in [1.29, 1.82) is 0 Å². The van der Waals surface area contributed by atoms with Crippen LogP contribution in [-0.2, 0) is 0 Å². The fraction of sp³-hybridized carbons (Fsp3) is 0.429. The molecule has 0 saturated carbocycles. The Morgan fingerprint density at radius 3 is 2.55 bits per heavy atom. The first-order valence-electron chi connectivity index (χ1n) is 3.36. The fourth-order valence-corrected chi connectivity index (χ4v) is 0.787. The van der Waals surface area contributed by atoms with Crippen LogP contribution in [-0.4, -0.2) is 33.4 Å². The quantitative estimate of drug-likeness (QED) is 0.618. The van der Waals surface area contributed by atoms with E-state index in [2.05, 4.69) is 9.97 Å². The number of hydrogen-bond donors (Lipinski definition) is 2. The zero-order chi connectivity index (χ0) is 8.10. The number of aliphatic hydroxyl groups is 2. The van der Waals surface area contributed by atoms with Gasteiger partial charge in [0.25, 0.3) is 0 Å². The third kappa shape index (κ3) is 1.96. The molecule has 1 aromatic heterocycles. The predicted molar refractivity (Wildman–Crippen MR) is 38.9 cm³/mol. The molecule has 0 saturated heterocycles. The second-order valence-electron chi connectivity index (χ2n) is 2.20. The number of nitrogens with zero attached hydrogens (tertiary/aromatic N) is 2. The lowest BCUT2D eigenvalue weighted by Gasteiger charge is -2.07. The SMILES string of the molecule is OCC(CO)c1ccncn1. The third-order valence-electron chi connectivity index (χ3n) is 1.46. The minimum absolute atomic E-state index is 0.0898. The topological polar surface area (TPSA) is 66.2 Å². The highest BCUT2D eigenvalue weighted by Gasteiger charge is 2.08. The molecule has 1 aromatic rings. The number of aromatic nitrogens is 2. The van der Waals surface area contributed by atoms with E-state index in [1.807, 2.05) is 0 Å². The van der Waals surface area contributed by atoms with Crippen LogP contribution < -0.4 is 0 Å². The van der Waals surface area contributed by atoms with Crippen LogP contribution in [0.25, 0.3) is 0 Å². The summed E-state index contributed by atoms with van der Waals surface area (Å²) in [5, 5.41) is 17.5. The lowest BCUT2D eigenvalue weighted by atomic mass is 10.1. The summed E-state index contributed by atoms with van der Waals surface area (Å²) >= 11 is 0. The van der Waals surface area contributed by atoms with Crippen LogP contribution in [0.5, 0.6) is 0 Å². The summed E-state index contributed by atoms with van der Waals surface area (Å²) in [6, 6.07) is 1.68. The van der Waals surface area contributed by atoms with Gasteiger partial charge in [0, 0.05) is 12.1 Å². The van der Waals surface area contributed by atoms with E-state index in [-0.39, 0.29) is 19.1 Å². The molecule has 4 heteroatoms. The molecule has 2 N–H and O–H groups in total. The molecule has 11 heavy (non-hydrogen) atoms. The van der Waals surface area contributed by atoms with E-state index >= 15 is 0 Å². The molecule has 4 nitrogen and oxygen atoms in total. The zero-order valence-electron chi connectivity index (χ0n) is 6.01. The van der Waals surface area contributed by atoms with E-state index in [4.69, 9.17) is 10.2 Å². The lowest BCUT2D eigenvalue weighted by Crippen LogP contribution is -2.10. The maximum Gasteiger partial charge on any atom is 0.115 e. The van der Waals surface area contributed by atoms with Gasteiger partial charge in [-0.05, 0) is 6.07 Å². The summed E-state index contributed by atoms with van der Waals surface area (Å²) in [5.41, 5.74) is 0.671. The maximum atomic E-state index is 8.76. The van der Waals surface area contributed by atoms with Gasteiger partial charge in [-0.15, -0.1) is 0 Å². The monoisotopic (exact) mass is 154 g/mol. The fourth-order valence-electron chi connectivity index (χ4n) is 0.787. The van der Waals surface area contributed by atoms with Crippen molar-refractivity contribution in [2.45, 2.75) is 5.92 Å². The standard InChI is InChI=1S/C7H10N2O2/c10-3-6(4-11)7-1-2-8-5-9-7/h1-2,5-6,10-11H,3-4H2. The van der Waals surface area contributed by atoms with Gasteiger partial charge >= 0.3 is 0 Å². The van der Waals surface area contributed by atoms with Gasteiger partial charge in [0.05, 0.1) is 18.9 Å². The minimum Gasteiger partial charge on any atom is -0.396 e. The van der Waals surface area contributed by atoms with E-state index < -0.39 is 0 Å². The highest BCUT2D eigenvalue weighted by atomic mass is 16.3. The average Bonchev–Trinajstić information content (AvgIpc) is 2.09. The van der Waals surface area contributed by atoms with Crippen LogP contribution in [0.4, 0.5) is 0 Å². The van der Waals surface area contributed by atoms with Gasteiger partial charge in [0.15, 0.2) is 0 Å². The highest BCUT2D eigenvalue weighted by Crippen LogP contribution is 2.08. The highest BCUT2D eigenvalue weighted by molar-refractivity contribution is 5.05. The van der Waals surface area contributed by atoms with Crippen molar-refractivity contribution in [2.24, 2.45) is 0 Å². The van der Waals surface area contributed by atoms with Crippen molar-refractivity contribution in [3.8, 4) is 0 Å². The number of hydrogen-bond acceptors (Lipinski definition) is 4. The zero-order valence-corrected chi connectivity index (χ0v) is 6.01. The lowest BCUT2D eigenvalue weighted by molar-refractivity contribution is 0.190. The Morgan fingerprint density at radius 1 is 1.36 bits per heavy atom. The molecule has 0 aliphatic carbocycles. The summed E-state index contributed by atoms with van der Waals surface area (Å²) in [5.74, 6) is -0.280. The molecule has 0 aromatic carbocycles. The molecular formula is C7H10N2O2. The van der Waals surface area contributed by atoms with E-state index in [0.29, 0.717) is 5.69 Å². The molecule has 1 rings (SSSR count). The first-order valence-corrected chi connectivity index (χ1v) is 3.36. The summed E-state index contributed by atoms with van der Waals surface area (Å²) in [4.78, 5) is 7.61. The molecule has 0 aliphatic rings. The number of rotatable bonds is 3. The Bertz CT molecular complexity index is 199. The molecule has 0 unspecified atom stereocenters. The largest absolute Gasteiger partial charge is 0.396 e. The van der Waals surface area contributed by atoms with Gasteiger partial charge < -0.3 is 10.2 Å². The van der Waals surface area contributed by atoms with E-state index in [1.165, 1.54) is 6.33 Å². The molecule has 0 radical (unpaired) electrons. The first kappa shape index (κ1) is 8.10. The van der Waals surface area contributed by atoms with Crippen LogP contribution in [0.1, 0.15) is 11.6 Å². The van der Waals surface area contributed by atoms with Gasteiger partial charge in [-0.2, -0.15) is 0 Å². The molecule has 0 fully saturated rings. The van der Waals surface area contributed by atoms with Crippen molar-refractivity contribution in [3.63, 3.8) is 0 Å². The summed E-state index contributed by atoms with van der Waals surface area (Å²) in [7, 11) is 0. The van der Waals surface area contributed by atoms with Crippen molar-refractivity contribution in [2.75, 3.05) is 13.2 Å². The summed E-state index contributed by atoms with van der Waals surface area (Å²) in [6.07, 6.45) is 2.98.